The van der Waals surface area contributed by atoms with Crippen LogP contribution in [0.15, 0.2) is 21.6 Å². The zero-order valence-electron chi connectivity index (χ0n) is 13.1. The van der Waals surface area contributed by atoms with Crippen molar-refractivity contribution in [1.82, 2.24) is 10.6 Å². The molecule has 0 fully saturated rings. The zero-order valence-corrected chi connectivity index (χ0v) is 14.6. The lowest BCUT2D eigenvalue weighted by Gasteiger charge is -2.15. The summed E-state index contributed by atoms with van der Waals surface area (Å²) in [7, 11) is 4.56. The molecular formula is C14H19BrF3N3O2. The highest BCUT2D eigenvalue weighted by molar-refractivity contribution is 9.10. The minimum atomic E-state index is -4.20. The Hall–Kier alpha value is -1.64. The first-order chi connectivity index (χ1) is 10.8. The van der Waals surface area contributed by atoms with Crippen molar-refractivity contribution in [3.63, 3.8) is 0 Å². The van der Waals surface area contributed by atoms with Crippen LogP contribution < -0.4 is 20.1 Å². The van der Waals surface area contributed by atoms with Crippen LogP contribution in [0, 0.1) is 0 Å². The van der Waals surface area contributed by atoms with Crippen molar-refractivity contribution < 1.29 is 22.6 Å². The molecule has 0 aliphatic carbocycles. The van der Waals surface area contributed by atoms with E-state index in [-0.39, 0.29) is 12.5 Å². The second-order valence-corrected chi connectivity index (χ2v) is 5.37. The number of halogens is 4. The minimum absolute atomic E-state index is 0.240. The Kier molecular flexibility index (Phi) is 7.47. The van der Waals surface area contributed by atoms with Gasteiger partial charge in [-0.15, -0.1) is 0 Å². The Balaban J connectivity index is 2.65. The summed E-state index contributed by atoms with van der Waals surface area (Å²) in [5, 5.41) is 5.56. The highest BCUT2D eigenvalue weighted by Crippen LogP contribution is 2.33. The topological polar surface area (TPSA) is 54.9 Å². The normalized spacial score (nSPS) is 12.0. The van der Waals surface area contributed by atoms with Crippen molar-refractivity contribution in [3.8, 4) is 11.5 Å². The number of rotatable bonds is 6. The van der Waals surface area contributed by atoms with Crippen LogP contribution in [0.5, 0.6) is 11.5 Å². The maximum absolute atomic E-state index is 12.1. The predicted octanol–water partition coefficient (Wildman–Crippen LogP) is 3.08. The SMILES string of the molecule is CN=C(NCCC(F)(F)F)NCc1cc(OC)c(OC)cc1Br. The molecule has 0 aromatic heterocycles. The maximum atomic E-state index is 12.1. The van der Waals surface area contributed by atoms with E-state index in [0.717, 1.165) is 10.0 Å². The Morgan fingerprint density at radius 2 is 1.78 bits per heavy atom. The van der Waals surface area contributed by atoms with E-state index in [1.165, 1.54) is 21.3 Å². The van der Waals surface area contributed by atoms with E-state index in [9.17, 15) is 13.2 Å². The van der Waals surface area contributed by atoms with Gasteiger partial charge in [-0.1, -0.05) is 15.9 Å². The van der Waals surface area contributed by atoms with Gasteiger partial charge >= 0.3 is 6.18 Å². The van der Waals surface area contributed by atoms with E-state index in [2.05, 4.69) is 31.6 Å². The molecule has 0 heterocycles. The summed E-state index contributed by atoms with van der Waals surface area (Å²) in [4.78, 5) is 3.88. The van der Waals surface area contributed by atoms with Crippen molar-refractivity contribution in [3.05, 3.63) is 22.2 Å². The van der Waals surface area contributed by atoms with Crippen LogP contribution in [0.2, 0.25) is 0 Å². The molecule has 2 N–H and O–H groups in total. The molecule has 0 aliphatic rings. The molecule has 0 spiro atoms. The van der Waals surface area contributed by atoms with Gasteiger partial charge in [0.2, 0.25) is 0 Å². The highest BCUT2D eigenvalue weighted by Gasteiger charge is 2.26. The lowest BCUT2D eigenvalue weighted by molar-refractivity contribution is -0.132. The molecule has 0 amide bonds. The van der Waals surface area contributed by atoms with E-state index in [4.69, 9.17) is 9.47 Å². The highest BCUT2D eigenvalue weighted by atomic mass is 79.9. The van der Waals surface area contributed by atoms with E-state index in [0.29, 0.717) is 18.0 Å². The van der Waals surface area contributed by atoms with Gasteiger partial charge in [-0.2, -0.15) is 13.2 Å². The number of alkyl halides is 3. The quantitative estimate of drug-likeness (QED) is 0.572. The zero-order chi connectivity index (χ0) is 17.5. The Labute approximate surface area is 141 Å². The Bertz CT molecular complexity index is 551. The average Bonchev–Trinajstić information content (AvgIpc) is 2.50. The standard InChI is InChI=1S/C14H19BrF3N3O2/c1-19-13(20-5-4-14(16,17)18)21-8-9-6-11(22-2)12(23-3)7-10(9)15/h6-7H,4-5,8H2,1-3H3,(H2,19,20,21). The van der Waals surface area contributed by atoms with Crippen LogP contribution in [0.4, 0.5) is 13.2 Å². The first kappa shape index (κ1) is 19.4. The molecule has 1 aromatic carbocycles. The third-order valence-electron chi connectivity index (χ3n) is 2.92. The number of guanidine groups is 1. The fourth-order valence-corrected chi connectivity index (χ4v) is 2.22. The van der Waals surface area contributed by atoms with E-state index < -0.39 is 12.6 Å². The third kappa shape index (κ3) is 6.55. The van der Waals surface area contributed by atoms with Crippen molar-refractivity contribution in [1.29, 1.82) is 0 Å². The second kappa shape index (κ2) is 8.85. The van der Waals surface area contributed by atoms with Crippen LogP contribution >= 0.6 is 15.9 Å². The van der Waals surface area contributed by atoms with Gasteiger partial charge in [0, 0.05) is 24.6 Å². The lowest BCUT2D eigenvalue weighted by Crippen LogP contribution is -2.38. The Morgan fingerprint density at radius 3 is 2.30 bits per heavy atom. The third-order valence-corrected chi connectivity index (χ3v) is 3.66. The molecule has 23 heavy (non-hydrogen) atoms. The Morgan fingerprint density at radius 1 is 1.17 bits per heavy atom. The van der Waals surface area contributed by atoms with Gasteiger partial charge in [-0.3, -0.25) is 4.99 Å². The monoisotopic (exact) mass is 397 g/mol. The van der Waals surface area contributed by atoms with Crippen molar-refractivity contribution in [2.24, 2.45) is 4.99 Å². The lowest BCUT2D eigenvalue weighted by atomic mass is 10.2. The van der Waals surface area contributed by atoms with E-state index >= 15 is 0 Å². The summed E-state index contributed by atoms with van der Waals surface area (Å²) in [6.07, 6.45) is -5.12. The molecule has 0 aliphatic heterocycles. The van der Waals surface area contributed by atoms with Crippen LogP contribution in [-0.4, -0.2) is 39.9 Å². The van der Waals surface area contributed by atoms with Gasteiger partial charge in [-0.05, 0) is 17.7 Å². The van der Waals surface area contributed by atoms with Gasteiger partial charge in [0.1, 0.15) is 0 Å². The van der Waals surface area contributed by atoms with Gasteiger partial charge < -0.3 is 20.1 Å². The summed E-state index contributed by atoms with van der Waals surface area (Å²) < 4.78 is 47.6. The van der Waals surface area contributed by atoms with Crippen LogP contribution in [0.1, 0.15) is 12.0 Å². The number of aliphatic imine (C=N–C) groups is 1. The second-order valence-electron chi connectivity index (χ2n) is 4.52. The largest absolute Gasteiger partial charge is 0.493 e. The molecule has 0 saturated heterocycles. The first-order valence-corrected chi connectivity index (χ1v) is 7.51. The van der Waals surface area contributed by atoms with E-state index in [1.807, 2.05) is 0 Å². The number of methoxy groups -OCH3 is 2. The number of nitrogens with one attached hydrogen (secondary N) is 2. The number of nitrogens with zero attached hydrogens (tertiary/aromatic N) is 1. The molecule has 5 nitrogen and oxygen atoms in total. The van der Waals surface area contributed by atoms with Crippen molar-refractivity contribution in [2.45, 2.75) is 19.1 Å². The number of ether oxygens (including phenoxy) is 2. The molecule has 1 rings (SSSR count). The molecular weight excluding hydrogens is 379 g/mol. The van der Waals surface area contributed by atoms with Crippen LogP contribution in [-0.2, 0) is 6.54 Å². The maximum Gasteiger partial charge on any atom is 0.390 e. The molecule has 0 unspecified atom stereocenters. The summed E-state index contributed by atoms with van der Waals surface area (Å²) >= 11 is 3.42. The van der Waals surface area contributed by atoms with E-state index in [1.54, 1.807) is 12.1 Å². The van der Waals surface area contributed by atoms with Crippen molar-refractivity contribution in [2.75, 3.05) is 27.8 Å². The molecule has 1 aromatic rings. The molecule has 0 bridgehead atoms. The van der Waals surface area contributed by atoms with Gasteiger partial charge in [0.25, 0.3) is 0 Å². The van der Waals surface area contributed by atoms with Gasteiger partial charge in [0.05, 0.1) is 20.6 Å². The summed E-state index contributed by atoms with van der Waals surface area (Å²) in [6, 6.07) is 3.54. The molecule has 0 radical (unpaired) electrons. The van der Waals surface area contributed by atoms with Crippen molar-refractivity contribution >= 4 is 21.9 Å². The molecule has 130 valence electrons. The first-order valence-electron chi connectivity index (χ1n) is 6.72. The molecule has 0 saturated carbocycles. The fraction of sp³-hybridized carbons (Fsp3) is 0.500. The summed E-state index contributed by atoms with van der Waals surface area (Å²) in [5.41, 5.74) is 0.849. The van der Waals surface area contributed by atoms with Gasteiger partial charge in [-0.25, -0.2) is 0 Å². The number of hydrogen-bond acceptors (Lipinski definition) is 3. The molecule has 9 heteroatoms. The summed E-state index contributed by atoms with van der Waals surface area (Å²) in [6.45, 7) is 0.114. The van der Waals surface area contributed by atoms with Gasteiger partial charge in [0.15, 0.2) is 17.5 Å². The number of benzene rings is 1. The number of hydrogen-bond donors (Lipinski definition) is 2. The average molecular weight is 398 g/mol. The summed E-state index contributed by atoms with van der Waals surface area (Å²) in [5.74, 6) is 1.43. The van der Waals surface area contributed by atoms with Crippen LogP contribution in [0.3, 0.4) is 0 Å². The molecule has 0 atom stereocenters. The fourth-order valence-electron chi connectivity index (χ4n) is 1.75. The minimum Gasteiger partial charge on any atom is -0.493 e. The smallest absolute Gasteiger partial charge is 0.390 e. The predicted molar refractivity (Wildman–Crippen MR) is 86.1 cm³/mol. The van der Waals surface area contributed by atoms with Crippen LogP contribution in [0.25, 0.3) is 0 Å².